The summed E-state index contributed by atoms with van der Waals surface area (Å²) in [5.41, 5.74) is 1.39. The summed E-state index contributed by atoms with van der Waals surface area (Å²) in [6.07, 6.45) is 3.09. The fraction of sp³-hybridized carbons (Fsp3) is 0.471. The fourth-order valence-corrected chi connectivity index (χ4v) is 2.74. The largest absolute Gasteiger partial charge is 0.448 e. The van der Waals surface area contributed by atoms with E-state index in [0.29, 0.717) is 37.8 Å². The maximum atomic E-state index is 11.9. The summed E-state index contributed by atoms with van der Waals surface area (Å²) < 4.78 is 4.89. The molecule has 3 rings (SSSR count). The first kappa shape index (κ1) is 16.3. The summed E-state index contributed by atoms with van der Waals surface area (Å²) in [6.45, 7) is 1.93. The quantitative estimate of drug-likeness (QED) is 0.800. The molecule has 24 heavy (non-hydrogen) atoms. The van der Waals surface area contributed by atoms with Crippen molar-refractivity contribution in [3.63, 3.8) is 0 Å². The van der Waals surface area contributed by atoms with E-state index in [4.69, 9.17) is 4.74 Å². The number of nitrogens with zero attached hydrogens (tertiary/aromatic N) is 1. The second-order valence-corrected chi connectivity index (χ2v) is 6.20. The van der Waals surface area contributed by atoms with E-state index in [1.165, 1.54) is 6.42 Å². The predicted molar refractivity (Wildman–Crippen MR) is 87.2 cm³/mol. The van der Waals surface area contributed by atoms with Crippen molar-refractivity contribution in [2.45, 2.75) is 25.8 Å². The summed E-state index contributed by atoms with van der Waals surface area (Å²) in [4.78, 5) is 36.8. The van der Waals surface area contributed by atoms with Crippen LogP contribution in [-0.2, 0) is 20.9 Å². The highest BCUT2D eigenvalue weighted by Crippen LogP contribution is 2.25. The molecule has 0 spiro atoms. The molecular weight excluding hydrogens is 310 g/mol. The molecule has 128 valence electrons. The molecule has 1 aliphatic carbocycles. The van der Waals surface area contributed by atoms with Gasteiger partial charge in [-0.1, -0.05) is 18.6 Å². The Bertz CT molecular complexity index is 642. The van der Waals surface area contributed by atoms with Crippen molar-refractivity contribution in [2.75, 3.05) is 25.0 Å². The Morgan fingerprint density at radius 3 is 2.75 bits per heavy atom. The monoisotopic (exact) mass is 331 g/mol. The minimum absolute atomic E-state index is 0.334. The lowest BCUT2D eigenvalue weighted by molar-refractivity contribution is -0.136. The molecule has 1 aromatic rings. The highest BCUT2D eigenvalue weighted by molar-refractivity contribution is 6.39. The molecule has 0 aromatic heterocycles. The number of hydrogen-bond acceptors (Lipinski definition) is 4. The number of hydrogen-bond donors (Lipinski definition) is 2. The van der Waals surface area contributed by atoms with Crippen LogP contribution < -0.4 is 10.6 Å². The Balaban J connectivity index is 1.52. The number of anilines is 1. The smallest absolute Gasteiger partial charge is 0.410 e. The third-order valence-corrected chi connectivity index (χ3v) is 4.39. The van der Waals surface area contributed by atoms with Crippen molar-refractivity contribution >= 4 is 23.6 Å². The van der Waals surface area contributed by atoms with Crippen LogP contribution in [0.15, 0.2) is 24.3 Å². The molecule has 2 N–H and O–H groups in total. The molecule has 0 unspecified atom stereocenters. The predicted octanol–water partition coefficient (Wildman–Crippen LogP) is 1.49. The summed E-state index contributed by atoms with van der Waals surface area (Å²) in [7, 11) is 0. The molecule has 2 fully saturated rings. The van der Waals surface area contributed by atoms with Gasteiger partial charge in [0.1, 0.15) is 6.61 Å². The summed E-state index contributed by atoms with van der Waals surface area (Å²) in [5.74, 6) is -0.784. The van der Waals surface area contributed by atoms with Gasteiger partial charge in [0.15, 0.2) is 0 Å². The first-order chi connectivity index (χ1) is 11.6. The topological polar surface area (TPSA) is 87.7 Å². The lowest BCUT2D eigenvalue weighted by atomic mass is 9.85. The average Bonchev–Trinajstić information content (AvgIpc) is 2.91. The standard InChI is InChI=1S/C17H21N3O4/c21-15(18-10-12-3-1-4-12)16(22)19-14-6-2-5-13(9-14)11-20-7-8-24-17(20)23/h2,5-6,9,12H,1,3-4,7-8,10-11H2,(H,18,21)(H,19,22). The van der Waals surface area contributed by atoms with Crippen molar-refractivity contribution in [3.8, 4) is 0 Å². The lowest BCUT2D eigenvalue weighted by Gasteiger charge is -2.25. The number of amides is 3. The number of nitrogens with one attached hydrogen (secondary N) is 2. The van der Waals surface area contributed by atoms with Crippen molar-refractivity contribution in [1.82, 2.24) is 10.2 Å². The number of ether oxygens (including phenoxy) is 1. The van der Waals surface area contributed by atoms with Crippen LogP contribution in [0, 0.1) is 5.92 Å². The van der Waals surface area contributed by atoms with Gasteiger partial charge in [-0.3, -0.25) is 9.59 Å². The Labute approximate surface area is 140 Å². The molecule has 0 bridgehead atoms. The lowest BCUT2D eigenvalue weighted by Crippen LogP contribution is -2.39. The summed E-state index contributed by atoms with van der Waals surface area (Å²) >= 11 is 0. The van der Waals surface area contributed by atoms with Crippen molar-refractivity contribution in [2.24, 2.45) is 5.92 Å². The van der Waals surface area contributed by atoms with Crippen molar-refractivity contribution < 1.29 is 19.1 Å². The molecule has 1 aromatic carbocycles. The van der Waals surface area contributed by atoms with Gasteiger partial charge in [-0.15, -0.1) is 0 Å². The Kier molecular flexibility index (Phi) is 4.98. The number of cyclic esters (lactones) is 1. The van der Waals surface area contributed by atoms with Crippen LogP contribution in [0.25, 0.3) is 0 Å². The van der Waals surface area contributed by atoms with Crippen molar-refractivity contribution in [1.29, 1.82) is 0 Å². The third kappa shape index (κ3) is 4.04. The molecule has 7 nitrogen and oxygen atoms in total. The zero-order valence-electron chi connectivity index (χ0n) is 13.4. The van der Waals surface area contributed by atoms with Gasteiger partial charge in [0, 0.05) is 18.8 Å². The SMILES string of the molecule is O=C(NCC1CCC1)C(=O)Nc1cccc(CN2CCOC2=O)c1. The second-order valence-electron chi connectivity index (χ2n) is 6.20. The Morgan fingerprint density at radius 1 is 1.25 bits per heavy atom. The third-order valence-electron chi connectivity index (χ3n) is 4.39. The van der Waals surface area contributed by atoms with Gasteiger partial charge in [0.2, 0.25) is 0 Å². The van der Waals surface area contributed by atoms with Crippen LogP contribution in [0.3, 0.4) is 0 Å². The molecule has 0 atom stereocenters. The first-order valence-corrected chi connectivity index (χ1v) is 8.21. The van der Waals surface area contributed by atoms with Gasteiger partial charge < -0.3 is 20.3 Å². The molecule has 1 saturated heterocycles. The van der Waals surface area contributed by atoms with E-state index in [1.54, 1.807) is 23.1 Å². The average molecular weight is 331 g/mol. The van der Waals surface area contributed by atoms with Gasteiger partial charge >= 0.3 is 17.9 Å². The van der Waals surface area contributed by atoms with Crippen molar-refractivity contribution in [3.05, 3.63) is 29.8 Å². The van der Waals surface area contributed by atoms with E-state index in [2.05, 4.69) is 10.6 Å². The summed E-state index contributed by atoms with van der Waals surface area (Å²) in [5, 5.41) is 5.26. The molecule has 0 radical (unpaired) electrons. The van der Waals surface area contributed by atoms with Crippen LogP contribution in [0.4, 0.5) is 10.5 Å². The zero-order valence-corrected chi connectivity index (χ0v) is 13.4. The van der Waals surface area contributed by atoms with E-state index in [1.807, 2.05) is 6.07 Å². The summed E-state index contributed by atoms with van der Waals surface area (Å²) in [6, 6.07) is 7.10. The van der Waals surface area contributed by atoms with Crippen LogP contribution in [0.2, 0.25) is 0 Å². The Hall–Kier alpha value is -2.57. The number of rotatable bonds is 5. The number of benzene rings is 1. The van der Waals surface area contributed by atoms with E-state index >= 15 is 0 Å². The molecule has 2 aliphatic rings. The number of carbonyl (C=O) groups excluding carboxylic acids is 3. The highest BCUT2D eigenvalue weighted by atomic mass is 16.6. The van der Waals surface area contributed by atoms with Gasteiger partial charge in [-0.2, -0.15) is 0 Å². The highest BCUT2D eigenvalue weighted by Gasteiger charge is 2.22. The van der Waals surface area contributed by atoms with Crippen LogP contribution >= 0.6 is 0 Å². The van der Waals surface area contributed by atoms with Gasteiger partial charge in [-0.05, 0) is 36.5 Å². The second kappa shape index (κ2) is 7.33. The zero-order chi connectivity index (χ0) is 16.9. The molecule has 3 amide bonds. The molecule has 1 saturated carbocycles. The maximum Gasteiger partial charge on any atom is 0.410 e. The van der Waals surface area contributed by atoms with Gasteiger partial charge in [0.05, 0.1) is 6.54 Å². The molecule has 1 aliphatic heterocycles. The van der Waals surface area contributed by atoms with Crippen LogP contribution in [0.1, 0.15) is 24.8 Å². The molecule has 1 heterocycles. The maximum absolute atomic E-state index is 11.9. The van der Waals surface area contributed by atoms with E-state index in [-0.39, 0.29) is 6.09 Å². The van der Waals surface area contributed by atoms with E-state index < -0.39 is 11.8 Å². The molecular formula is C17H21N3O4. The van der Waals surface area contributed by atoms with Gasteiger partial charge in [-0.25, -0.2) is 4.79 Å². The first-order valence-electron chi connectivity index (χ1n) is 8.21. The van der Waals surface area contributed by atoms with Crippen LogP contribution in [0.5, 0.6) is 0 Å². The molecule has 7 heteroatoms. The van der Waals surface area contributed by atoms with E-state index in [0.717, 1.165) is 18.4 Å². The minimum Gasteiger partial charge on any atom is -0.448 e. The van der Waals surface area contributed by atoms with Gasteiger partial charge in [0.25, 0.3) is 0 Å². The van der Waals surface area contributed by atoms with Crippen LogP contribution in [-0.4, -0.2) is 42.5 Å². The van der Waals surface area contributed by atoms with E-state index in [9.17, 15) is 14.4 Å². The fourth-order valence-electron chi connectivity index (χ4n) is 2.74. The normalized spacial score (nSPS) is 17.2. The Morgan fingerprint density at radius 2 is 2.08 bits per heavy atom. The number of carbonyl (C=O) groups is 3. The minimum atomic E-state index is -0.674.